The Morgan fingerprint density at radius 1 is 1.39 bits per heavy atom. The van der Waals surface area contributed by atoms with E-state index in [4.69, 9.17) is 4.42 Å². The normalized spacial score (nSPS) is 10.3. The van der Waals surface area contributed by atoms with E-state index in [9.17, 15) is 14.3 Å². The van der Waals surface area contributed by atoms with Crippen molar-refractivity contribution < 1.29 is 18.7 Å². The molecule has 0 atom stereocenters. The third-order valence-electron chi connectivity index (χ3n) is 2.53. The van der Waals surface area contributed by atoms with Crippen LogP contribution >= 0.6 is 0 Å². The van der Waals surface area contributed by atoms with Crippen molar-refractivity contribution in [1.82, 2.24) is 4.90 Å². The molecule has 0 radical (unpaired) electrons. The Labute approximate surface area is 103 Å². The van der Waals surface area contributed by atoms with Gasteiger partial charge in [0.1, 0.15) is 22.9 Å². The molecule has 0 aliphatic heterocycles. The number of phenols is 1. The number of carbonyl (C=O) groups excluding carboxylic acids is 1. The number of aromatic hydroxyl groups is 1. The van der Waals surface area contributed by atoms with Gasteiger partial charge in [0, 0.05) is 7.05 Å². The van der Waals surface area contributed by atoms with Gasteiger partial charge in [-0.1, -0.05) is 6.07 Å². The fourth-order valence-electron chi connectivity index (χ4n) is 1.62. The SMILES string of the molecule is CN(Cc1ccco1)C(=O)c1c(O)cccc1F. The molecule has 0 unspecified atom stereocenters. The summed E-state index contributed by atoms with van der Waals surface area (Å²) in [6.45, 7) is 0.208. The first-order chi connectivity index (χ1) is 8.59. The van der Waals surface area contributed by atoms with Crippen LogP contribution in [0.25, 0.3) is 0 Å². The van der Waals surface area contributed by atoms with Crippen molar-refractivity contribution in [2.45, 2.75) is 6.54 Å². The number of nitrogens with zero attached hydrogens (tertiary/aromatic N) is 1. The molecule has 0 fully saturated rings. The van der Waals surface area contributed by atoms with E-state index in [0.717, 1.165) is 6.07 Å². The Kier molecular flexibility index (Phi) is 3.32. The van der Waals surface area contributed by atoms with Gasteiger partial charge in [-0.25, -0.2) is 4.39 Å². The summed E-state index contributed by atoms with van der Waals surface area (Å²) in [7, 11) is 1.51. The number of carbonyl (C=O) groups is 1. The average Bonchev–Trinajstić information content (AvgIpc) is 2.81. The fourth-order valence-corrected chi connectivity index (χ4v) is 1.62. The van der Waals surface area contributed by atoms with Gasteiger partial charge in [0.25, 0.3) is 5.91 Å². The van der Waals surface area contributed by atoms with Gasteiger partial charge in [0.2, 0.25) is 0 Å². The second kappa shape index (κ2) is 4.91. The molecule has 1 amide bonds. The smallest absolute Gasteiger partial charge is 0.260 e. The zero-order valence-electron chi connectivity index (χ0n) is 9.76. The topological polar surface area (TPSA) is 53.7 Å². The average molecular weight is 249 g/mol. The van der Waals surface area contributed by atoms with Crippen molar-refractivity contribution in [2.24, 2.45) is 0 Å². The molecule has 0 saturated heterocycles. The van der Waals surface area contributed by atoms with Crippen molar-refractivity contribution in [3.05, 3.63) is 53.7 Å². The van der Waals surface area contributed by atoms with Crippen LogP contribution in [0.1, 0.15) is 16.1 Å². The van der Waals surface area contributed by atoms with Crippen LogP contribution in [0.5, 0.6) is 5.75 Å². The van der Waals surface area contributed by atoms with Gasteiger partial charge in [-0.15, -0.1) is 0 Å². The van der Waals surface area contributed by atoms with Crippen molar-refractivity contribution in [3.8, 4) is 5.75 Å². The van der Waals surface area contributed by atoms with E-state index in [1.165, 1.54) is 30.3 Å². The van der Waals surface area contributed by atoms with E-state index >= 15 is 0 Å². The first kappa shape index (κ1) is 12.2. The molecule has 1 heterocycles. The maximum atomic E-state index is 13.5. The van der Waals surface area contributed by atoms with Gasteiger partial charge in [0.15, 0.2) is 0 Å². The molecule has 0 saturated carbocycles. The summed E-state index contributed by atoms with van der Waals surface area (Å²) in [6.07, 6.45) is 1.49. The van der Waals surface area contributed by atoms with Gasteiger partial charge in [-0.05, 0) is 24.3 Å². The zero-order chi connectivity index (χ0) is 13.1. The minimum absolute atomic E-state index is 0.208. The summed E-state index contributed by atoms with van der Waals surface area (Å²) in [6, 6.07) is 7.16. The van der Waals surface area contributed by atoms with Crippen LogP contribution in [0.4, 0.5) is 4.39 Å². The van der Waals surface area contributed by atoms with Crippen LogP contribution in [0.2, 0.25) is 0 Å². The van der Waals surface area contributed by atoms with Crippen molar-refractivity contribution in [2.75, 3.05) is 7.05 Å². The molecular formula is C13H12FNO3. The highest BCUT2D eigenvalue weighted by atomic mass is 19.1. The summed E-state index contributed by atoms with van der Waals surface area (Å²) in [5.74, 6) is -1.12. The minimum atomic E-state index is -0.744. The molecule has 1 aromatic carbocycles. The molecule has 5 heteroatoms. The lowest BCUT2D eigenvalue weighted by atomic mass is 10.1. The molecular weight excluding hydrogens is 237 g/mol. The van der Waals surface area contributed by atoms with Crippen molar-refractivity contribution >= 4 is 5.91 Å². The second-order valence-electron chi connectivity index (χ2n) is 3.87. The molecule has 94 valence electrons. The number of halogens is 1. The van der Waals surface area contributed by atoms with E-state index in [1.807, 2.05) is 0 Å². The van der Waals surface area contributed by atoms with E-state index in [-0.39, 0.29) is 17.9 Å². The van der Waals surface area contributed by atoms with Crippen molar-refractivity contribution in [3.63, 3.8) is 0 Å². The number of furan rings is 1. The minimum Gasteiger partial charge on any atom is -0.507 e. The highest BCUT2D eigenvalue weighted by Crippen LogP contribution is 2.21. The maximum Gasteiger partial charge on any atom is 0.260 e. The molecule has 0 bridgehead atoms. The summed E-state index contributed by atoms with van der Waals surface area (Å²) in [5.41, 5.74) is -0.327. The van der Waals surface area contributed by atoms with Gasteiger partial charge in [0.05, 0.1) is 12.8 Å². The highest BCUT2D eigenvalue weighted by Gasteiger charge is 2.20. The molecule has 4 nitrogen and oxygen atoms in total. The summed E-state index contributed by atoms with van der Waals surface area (Å²) >= 11 is 0. The Hall–Kier alpha value is -2.30. The highest BCUT2D eigenvalue weighted by molar-refractivity contribution is 5.96. The number of rotatable bonds is 3. The molecule has 18 heavy (non-hydrogen) atoms. The lowest BCUT2D eigenvalue weighted by Gasteiger charge is -2.16. The van der Waals surface area contributed by atoms with E-state index in [2.05, 4.69) is 0 Å². The van der Waals surface area contributed by atoms with Gasteiger partial charge < -0.3 is 14.4 Å². The molecule has 2 aromatic rings. The van der Waals surface area contributed by atoms with E-state index in [0.29, 0.717) is 5.76 Å². The number of phenolic OH excluding ortho intramolecular Hbond substituents is 1. The van der Waals surface area contributed by atoms with Gasteiger partial charge in [-0.3, -0.25) is 4.79 Å². The largest absolute Gasteiger partial charge is 0.507 e. The molecule has 2 rings (SSSR count). The molecule has 1 aromatic heterocycles. The van der Waals surface area contributed by atoms with Crippen LogP contribution in [0.3, 0.4) is 0 Å². The zero-order valence-corrected chi connectivity index (χ0v) is 9.76. The van der Waals surface area contributed by atoms with Gasteiger partial charge >= 0.3 is 0 Å². The van der Waals surface area contributed by atoms with E-state index < -0.39 is 11.7 Å². The Morgan fingerprint density at radius 2 is 2.17 bits per heavy atom. The fraction of sp³-hybridized carbons (Fsp3) is 0.154. The number of hydrogen-bond acceptors (Lipinski definition) is 3. The standard InChI is InChI=1S/C13H12FNO3/c1-15(8-9-4-3-7-18-9)13(17)12-10(14)5-2-6-11(12)16/h2-7,16H,8H2,1H3. The Balaban J connectivity index is 2.21. The first-order valence-corrected chi connectivity index (χ1v) is 5.35. The summed E-state index contributed by atoms with van der Waals surface area (Å²) < 4.78 is 18.6. The molecule has 0 aliphatic carbocycles. The third kappa shape index (κ3) is 2.34. The second-order valence-corrected chi connectivity index (χ2v) is 3.87. The molecule has 0 spiro atoms. The summed E-state index contributed by atoms with van der Waals surface area (Å²) in [4.78, 5) is 13.3. The van der Waals surface area contributed by atoms with Crippen LogP contribution in [0.15, 0.2) is 41.0 Å². The lowest BCUT2D eigenvalue weighted by molar-refractivity contribution is 0.0767. The van der Waals surface area contributed by atoms with Crippen LogP contribution in [0, 0.1) is 5.82 Å². The number of hydrogen-bond donors (Lipinski definition) is 1. The molecule has 0 aliphatic rings. The predicted molar refractivity (Wildman–Crippen MR) is 62.6 cm³/mol. The predicted octanol–water partition coefficient (Wildman–Crippen LogP) is 2.40. The monoisotopic (exact) mass is 249 g/mol. The van der Waals surface area contributed by atoms with Crippen molar-refractivity contribution in [1.29, 1.82) is 0 Å². The first-order valence-electron chi connectivity index (χ1n) is 5.35. The number of amides is 1. The Bertz CT molecular complexity index is 531. The third-order valence-corrected chi connectivity index (χ3v) is 2.53. The summed E-state index contributed by atoms with van der Waals surface area (Å²) in [5, 5.41) is 9.53. The van der Waals surface area contributed by atoms with E-state index in [1.54, 1.807) is 12.1 Å². The number of benzene rings is 1. The maximum absolute atomic E-state index is 13.5. The van der Waals surface area contributed by atoms with Gasteiger partial charge in [-0.2, -0.15) is 0 Å². The van der Waals surface area contributed by atoms with Crippen LogP contribution in [-0.2, 0) is 6.54 Å². The molecule has 1 N–H and O–H groups in total. The Morgan fingerprint density at radius 3 is 2.78 bits per heavy atom. The van der Waals surface area contributed by atoms with Crippen LogP contribution in [-0.4, -0.2) is 23.0 Å². The lowest BCUT2D eigenvalue weighted by Crippen LogP contribution is -2.26. The quantitative estimate of drug-likeness (QED) is 0.908. The van der Waals surface area contributed by atoms with Crippen LogP contribution < -0.4 is 0 Å².